The minimum Gasteiger partial charge on any atom is -0.396 e. The van der Waals surface area contributed by atoms with Crippen LogP contribution in [0.15, 0.2) is 67.7 Å². The van der Waals surface area contributed by atoms with Crippen molar-refractivity contribution < 1.29 is 5.11 Å². The SMILES string of the molecule is C/C=C/N/C=C(/CC(CC)(CC)CO)c1ccnc(-c2c(CC)cccc2CC)c1.C=CCCC. The van der Waals surface area contributed by atoms with Gasteiger partial charge in [-0.15, -0.1) is 6.58 Å². The maximum absolute atomic E-state index is 10.1. The molecule has 0 unspecified atom stereocenters. The largest absolute Gasteiger partial charge is 0.396 e. The zero-order chi connectivity index (χ0) is 26.1. The van der Waals surface area contributed by atoms with Crippen LogP contribution in [0.3, 0.4) is 0 Å². The van der Waals surface area contributed by atoms with Crippen LogP contribution in [0.4, 0.5) is 0 Å². The monoisotopic (exact) mass is 476 g/mol. The quantitative estimate of drug-likeness (QED) is 0.285. The molecule has 2 N–H and O–H groups in total. The molecule has 0 saturated heterocycles. The maximum Gasteiger partial charge on any atom is 0.0713 e. The highest BCUT2D eigenvalue weighted by molar-refractivity contribution is 5.74. The number of hydrogen-bond donors (Lipinski definition) is 2. The molecule has 3 nitrogen and oxygen atoms in total. The summed E-state index contributed by atoms with van der Waals surface area (Å²) < 4.78 is 0. The molecule has 2 aromatic rings. The van der Waals surface area contributed by atoms with Crippen molar-refractivity contribution in [2.45, 2.75) is 86.5 Å². The van der Waals surface area contributed by atoms with Crippen molar-refractivity contribution in [1.29, 1.82) is 0 Å². The van der Waals surface area contributed by atoms with E-state index in [1.165, 1.54) is 28.7 Å². The third-order valence-corrected chi connectivity index (χ3v) is 6.80. The molecule has 0 atom stereocenters. The average molecular weight is 477 g/mol. The number of aliphatic hydroxyl groups excluding tert-OH is 1. The number of nitrogens with zero attached hydrogens (tertiary/aromatic N) is 1. The van der Waals surface area contributed by atoms with Gasteiger partial charge in [0.2, 0.25) is 0 Å². The van der Waals surface area contributed by atoms with Gasteiger partial charge in [0, 0.05) is 24.6 Å². The fraction of sp³-hybridized carbons (Fsp3) is 0.469. The van der Waals surface area contributed by atoms with E-state index in [-0.39, 0.29) is 12.0 Å². The van der Waals surface area contributed by atoms with Crippen LogP contribution in [-0.4, -0.2) is 16.7 Å². The Kier molecular flexibility index (Phi) is 14.7. The first-order valence-corrected chi connectivity index (χ1v) is 13.3. The van der Waals surface area contributed by atoms with Crippen LogP contribution in [0, 0.1) is 5.41 Å². The zero-order valence-electron chi connectivity index (χ0n) is 23.0. The lowest BCUT2D eigenvalue weighted by molar-refractivity contribution is 0.120. The van der Waals surface area contributed by atoms with Crippen molar-refractivity contribution in [1.82, 2.24) is 10.3 Å². The molecule has 0 aliphatic heterocycles. The molecule has 1 aromatic heterocycles. The van der Waals surface area contributed by atoms with Crippen LogP contribution >= 0.6 is 0 Å². The molecule has 0 fully saturated rings. The van der Waals surface area contributed by atoms with Gasteiger partial charge >= 0.3 is 0 Å². The van der Waals surface area contributed by atoms with Gasteiger partial charge in [0.15, 0.2) is 0 Å². The summed E-state index contributed by atoms with van der Waals surface area (Å²) >= 11 is 0. The number of aliphatic hydroxyl groups is 1. The van der Waals surface area contributed by atoms with Crippen molar-refractivity contribution in [2.75, 3.05) is 6.61 Å². The van der Waals surface area contributed by atoms with Crippen LogP contribution < -0.4 is 5.32 Å². The topological polar surface area (TPSA) is 45.1 Å². The number of hydrogen-bond acceptors (Lipinski definition) is 3. The number of nitrogens with one attached hydrogen (secondary N) is 1. The van der Waals surface area contributed by atoms with Gasteiger partial charge in [-0.1, -0.05) is 71.4 Å². The molecule has 2 rings (SSSR count). The summed E-state index contributed by atoms with van der Waals surface area (Å²) in [5.74, 6) is 0. The number of allylic oxidation sites excluding steroid dienone is 3. The molecule has 0 saturated carbocycles. The highest BCUT2D eigenvalue weighted by atomic mass is 16.3. The number of unbranched alkanes of at least 4 members (excludes halogenated alkanes) is 1. The van der Waals surface area contributed by atoms with Crippen molar-refractivity contribution in [2.24, 2.45) is 5.41 Å². The van der Waals surface area contributed by atoms with E-state index in [2.05, 4.69) is 83.0 Å². The minimum atomic E-state index is -0.108. The number of aromatic nitrogens is 1. The Labute approximate surface area is 215 Å². The minimum absolute atomic E-state index is 0.108. The first-order chi connectivity index (χ1) is 17.0. The number of benzene rings is 1. The summed E-state index contributed by atoms with van der Waals surface area (Å²) in [7, 11) is 0. The molecule has 0 bridgehead atoms. The van der Waals surface area contributed by atoms with Gasteiger partial charge in [0.25, 0.3) is 0 Å². The van der Waals surface area contributed by atoms with E-state index in [0.717, 1.165) is 49.8 Å². The van der Waals surface area contributed by atoms with Crippen molar-refractivity contribution in [3.8, 4) is 11.3 Å². The number of rotatable bonds is 13. The predicted octanol–water partition coefficient (Wildman–Crippen LogP) is 8.50. The molecule has 192 valence electrons. The summed E-state index contributed by atoms with van der Waals surface area (Å²) in [4.78, 5) is 4.75. The normalized spacial score (nSPS) is 11.8. The highest BCUT2D eigenvalue weighted by Gasteiger charge is 2.27. The van der Waals surface area contributed by atoms with Crippen molar-refractivity contribution in [3.63, 3.8) is 0 Å². The Hall–Kier alpha value is -2.65. The molecule has 0 spiro atoms. The van der Waals surface area contributed by atoms with Gasteiger partial charge in [-0.3, -0.25) is 4.98 Å². The average Bonchev–Trinajstić information content (AvgIpc) is 2.91. The van der Waals surface area contributed by atoms with Crippen LogP contribution in [0.1, 0.15) is 90.3 Å². The van der Waals surface area contributed by atoms with E-state index in [0.29, 0.717) is 0 Å². The molecule has 3 heteroatoms. The van der Waals surface area contributed by atoms with Gasteiger partial charge in [-0.05, 0) is 91.5 Å². The van der Waals surface area contributed by atoms with Gasteiger partial charge in [0.1, 0.15) is 0 Å². The molecular weight excluding hydrogens is 428 g/mol. The Morgan fingerprint density at radius 1 is 1.06 bits per heavy atom. The number of aryl methyl sites for hydroxylation is 2. The Bertz CT molecular complexity index is 908. The van der Waals surface area contributed by atoms with Crippen LogP contribution in [0.2, 0.25) is 0 Å². The first kappa shape index (κ1) is 30.4. The standard InChI is InChI=1S/C27H38N2O.C5H10/c1-6-15-28-19-24(18-27(9-4,10-5)20-30)23-14-16-29-25(17-23)26-21(7-2)12-11-13-22(26)8-3;1-3-5-4-2/h6,11-17,19,28,30H,7-10,18,20H2,1-5H3;3H,1,4-5H2,2H3/b15-6+,24-19-;. The predicted molar refractivity (Wildman–Crippen MR) is 154 cm³/mol. The molecule has 0 radical (unpaired) electrons. The summed E-state index contributed by atoms with van der Waals surface area (Å²) in [5, 5.41) is 13.4. The maximum atomic E-state index is 10.1. The van der Waals surface area contributed by atoms with E-state index < -0.39 is 0 Å². The highest BCUT2D eigenvalue weighted by Crippen LogP contribution is 2.38. The second-order valence-corrected chi connectivity index (χ2v) is 9.04. The Balaban J connectivity index is 0.00000111. The Morgan fingerprint density at radius 2 is 1.71 bits per heavy atom. The summed E-state index contributed by atoms with van der Waals surface area (Å²) in [6.45, 7) is 16.6. The van der Waals surface area contributed by atoms with E-state index in [1.807, 2.05) is 31.5 Å². The molecule has 0 amide bonds. The summed E-state index contributed by atoms with van der Waals surface area (Å²) in [5.41, 5.74) is 7.21. The van der Waals surface area contributed by atoms with Gasteiger partial charge in [0.05, 0.1) is 5.69 Å². The van der Waals surface area contributed by atoms with Gasteiger partial charge < -0.3 is 10.4 Å². The molecule has 1 heterocycles. The fourth-order valence-corrected chi connectivity index (χ4v) is 4.21. The summed E-state index contributed by atoms with van der Waals surface area (Å²) in [6, 6.07) is 10.9. The molecule has 0 aliphatic rings. The fourth-order valence-electron chi connectivity index (χ4n) is 4.21. The van der Waals surface area contributed by atoms with E-state index in [9.17, 15) is 5.11 Å². The summed E-state index contributed by atoms with van der Waals surface area (Å²) in [6.07, 6.45) is 16.9. The van der Waals surface area contributed by atoms with E-state index in [4.69, 9.17) is 4.98 Å². The smallest absolute Gasteiger partial charge is 0.0713 e. The van der Waals surface area contributed by atoms with Crippen molar-refractivity contribution >= 4 is 5.57 Å². The van der Waals surface area contributed by atoms with Crippen LogP contribution in [-0.2, 0) is 12.8 Å². The Morgan fingerprint density at radius 3 is 2.17 bits per heavy atom. The molecular formula is C32H48N2O. The van der Waals surface area contributed by atoms with Gasteiger partial charge in [-0.25, -0.2) is 0 Å². The first-order valence-electron chi connectivity index (χ1n) is 13.3. The van der Waals surface area contributed by atoms with Gasteiger partial charge in [-0.2, -0.15) is 0 Å². The molecule has 0 aliphatic carbocycles. The lowest BCUT2D eigenvalue weighted by Crippen LogP contribution is -2.24. The molecule has 35 heavy (non-hydrogen) atoms. The van der Waals surface area contributed by atoms with Crippen LogP contribution in [0.5, 0.6) is 0 Å². The second kappa shape index (κ2) is 16.9. The second-order valence-electron chi connectivity index (χ2n) is 9.04. The molecule has 1 aromatic carbocycles. The van der Waals surface area contributed by atoms with E-state index >= 15 is 0 Å². The van der Waals surface area contributed by atoms with Crippen LogP contribution in [0.25, 0.3) is 16.8 Å². The zero-order valence-corrected chi connectivity index (χ0v) is 23.0. The lowest BCUT2D eigenvalue weighted by atomic mass is 9.76. The van der Waals surface area contributed by atoms with Crippen molar-refractivity contribution in [3.05, 3.63) is 84.3 Å². The lowest BCUT2D eigenvalue weighted by Gasteiger charge is -2.31. The third-order valence-electron chi connectivity index (χ3n) is 6.80. The van der Waals surface area contributed by atoms with E-state index in [1.54, 1.807) is 0 Å². The number of pyridine rings is 1. The third kappa shape index (κ3) is 9.14.